The van der Waals surface area contributed by atoms with E-state index in [0.717, 1.165) is 12.8 Å². The second-order valence-electron chi connectivity index (χ2n) is 6.74. The summed E-state index contributed by atoms with van der Waals surface area (Å²) in [7, 11) is 0. The molecule has 0 bridgehead atoms. The molecule has 0 aromatic rings. The lowest BCUT2D eigenvalue weighted by atomic mass is 9.87. The first-order valence-electron chi connectivity index (χ1n) is 7.05. The third-order valence-corrected chi connectivity index (χ3v) is 3.75. The first kappa shape index (κ1) is 15.1. The monoisotopic (exact) mass is 285 g/mol. The Bertz CT molecular complexity index is 403. The van der Waals surface area contributed by atoms with Crippen LogP contribution in [0.2, 0.25) is 0 Å². The minimum atomic E-state index is -0.823. The molecule has 6 nitrogen and oxygen atoms in total. The molecule has 0 aromatic carbocycles. The van der Waals surface area contributed by atoms with E-state index in [4.69, 9.17) is 14.6 Å². The minimum Gasteiger partial charge on any atom is -0.481 e. The molecule has 114 valence electrons. The summed E-state index contributed by atoms with van der Waals surface area (Å²) in [4.78, 5) is 24.8. The third-order valence-electron chi connectivity index (χ3n) is 3.75. The molecule has 6 heteroatoms. The number of nitrogens with zero attached hydrogens (tertiary/aromatic N) is 1. The number of piperidine rings is 1. The van der Waals surface area contributed by atoms with Gasteiger partial charge in [-0.3, -0.25) is 4.79 Å². The van der Waals surface area contributed by atoms with Gasteiger partial charge < -0.3 is 19.5 Å². The highest BCUT2D eigenvalue weighted by molar-refractivity contribution is 5.71. The third kappa shape index (κ3) is 3.42. The predicted molar refractivity (Wildman–Crippen MR) is 71.5 cm³/mol. The highest BCUT2D eigenvalue weighted by atomic mass is 16.6. The zero-order chi connectivity index (χ0) is 15.0. The number of amides is 1. The summed E-state index contributed by atoms with van der Waals surface area (Å²) in [5, 5.41) is 9.07. The Morgan fingerprint density at radius 1 is 1.40 bits per heavy atom. The molecule has 2 heterocycles. The highest BCUT2D eigenvalue weighted by Gasteiger charge is 2.47. The molecule has 2 atom stereocenters. The smallest absolute Gasteiger partial charge is 0.410 e. The number of hydrogen-bond acceptors (Lipinski definition) is 4. The normalized spacial score (nSPS) is 30.6. The van der Waals surface area contributed by atoms with E-state index in [1.54, 1.807) is 4.90 Å². The average molecular weight is 285 g/mol. The Kier molecular flexibility index (Phi) is 3.95. The molecule has 1 amide bonds. The highest BCUT2D eigenvalue weighted by Crippen LogP contribution is 2.37. The van der Waals surface area contributed by atoms with E-state index in [1.807, 2.05) is 20.8 Å². The fourth-order valence-electron chi connectivity index (χ4n) is 2.87. The van der Waals surface area contributed by atoms with Crippen molar-refractivity contribution in [3.8, 4) is 0 Å². The summed E-state index contributed by atoms with van der Waals surface area (Å²) < 4.78 is 11.1. The van der Waals surface area contributed by atoms with Crippen LogP contribution in [0, 0.1) is 5.92 Å². The van der Waals surface area contributed by atoms with E-state index in [9.17, 15) is 9.59 Å². The molecule has 2 aliphatic heterocycles. The van der Waals surface area contributed by atoms with Gasteiger partial charge in [0.1, 0.15) is 5.60 Å². The Labute approximate surface area is 119 Å². The first-order chi connectivity index (χ1) is 9.21. The van der Waals surface area contributed by atoms with Crippen molar-refractivity contribution >= 4 is 12.1 Å². The zero-order valence-electron chi connectivity index (χ0n) is 12.3. The van der Waals surface area contributed by atoms with Gasteiger partial charge in [0, 0.05) is 6.54 Å². The number of carboxylic acids is 1. The van der Waals surface area contributed by atoms with Gasteiger partial charge in [0.15, 0.2) is 0 Å². The topological polar surface area (TPSA) is 76.1 Å². The van der Waals surface area contributed by atoms with Crippen LogP contribution in [-0.2, 0) is 14.3 Å². The number of likely N-dealkylation sites (tertiary alicyclic amines) is 1. The van der Waals surface area contributed by atoms with Crippen molar-refractivity contribution in [2.24, 2.45) is 5.92 Å². The molecule has 1 spiro atoms. The molecule has 20 heavy (non-hydrogen) atoms. The summed E-state index contributed by atoms with van der Waals surface area (Å²) in [6.07, 6.45) is 1.74. The fraction of sp³-hybridized carbons (Fsp3) is 0.857. The molecule has 2 rings (SSSR count). The molecule has 0 saturated carbocycles. The number of aliphatic carboxylic acids is 1. The molecule has 0 aromatic heterocycles. The molecule has 2 aliphatic rings. The number of carbonyl (C=O) groups excluding carboxylic acids is 1. The SMILES string of the molecule is CC(C)(C)OC(=O)N1CCC[C@@]2(C[C@H](C(=O)O)CO2)C1. The van der Waals surface area contributed by atoms with Crippen LogP contribution in [0.3, 0.4) is 0 Å². The van der Waals surface area contributed by atoms with Crippen LogP contribution in [0.4, 0.5) is 4.79 Å². The maximum Gasteiger partial charge on any atom is 0.410 e. The number of hydrogen-bond donors (Lipinski definition) is 1. The molecular formula is C14H23NO5. The van der Waals surface area contributed by atoms with Gasteiger partial charge in [0.25, 0.3) is 0 Å². The van der Waals surface area contributed by atoms with Crippen molar-refractivity contribution in [2.75, 3.05) is 19.7 Å². The van der Waals surface area contributed by atoms with E-state index in [1.165, 1.54) is 0 Å². The molecular weight excluding hydrogens is 262 g/mol. The first-order valence-corrected chi connectivity index (χ1v) is 7.05. The largest absolute Gasteiger partial charge is 0.481 e. The lowest BCUT2D eigenvalue weighted by Crippen LogP contribution is -2.51. The van der Waals surface area contributed by atoms with Gasteiger partial charge in [0.2, 0.25) is 0 Å². The van der Waals surface area contributed by atoms with E-state index < -0.39 is 23.1 Å². The summed E-state index contributed by atoms with van der Waals surface area (Å²) in [5.41, 5.74) is -1.03. The standard InChI is InChI=1S/C14H23NO5/c1-13(2,3)20-12(18)15-6-4-5-14(9-15)7-10(8-19-14)11(16)17/h10H,4-9H2,1-3H3,(H,16,17)/t10-,14+/m0/s1. The van der Waals surface area contributed by atoms with Crippen LogP contribution in [0.5, 0.6) is 0 Å². The Hall–Kier alpha value is -1.30. The number of carbonyl (C=O) groups is 2. The van der Waals surface area contributed by atoms with Crippen LogP contribution in [0.15, 0.2) is 0 Å². The molecule has 0 radical (unpaired) electrons. The van der Waals surface area contributed by atoms with E-state index >= 15 is 0 Å². The second-order valence-corrected chi connectivity index (χ2v) is 6.74. The van der Waals surface area contributed by atoms with Crippen LogP contribution in [0.1, 0.15) is 40.0 Å². The van der Waals surface area contributed by atoms with Gasteiger partial charge in [-0.25, -0.2) is 4.79 Å². The van der Waals surface area contributed by atoms with Crippen LogP contribution in [0.25, 0.3) is 0 Å². The molecule has 2 saturated heterocycles. The lowest BCUT2D eigenvalue weighted by molar-refractivity contribution is -0.141. The van der Waals surface area contributed by atoms with E-state index in [2.05, 4.69) is 0 Å². The van der Waals surface area contributed by atoms with Crippen LogP contribution in [-0.4, -0.2) is 53.0 Å². The number of rotatable bonds is 1. The van der Waals surface area contributed by atoms with Gasteiger partial charge in [-0.15, -0.1) is 0 Å². The van der Waals surface area contributed by atoms with Crippen molar-refractivity contribution in [1.82, 2.24) is 4.90 Å². The lowest BCUT2D eigenvalue weighted by Gasteiger charge is -2.40. The summed E-state index contributed by atoms with van der Waals surface area (Å²) in [6.45, 7) is 6.78. The van der Waals surface area contributed by atoms with E-state index in [-0.39, 0.29) is 12.7 Å². The van der Waals surface area contributed by atoms with Crippen LogP contribution >= 0.6 is 0 Å². The van der Waals surface area contributed by atoms with Gasteiger partial charge in [-0.1, -0.05) is 0 Å². The molecule has 0 unspecified atom stereocenters. The Morgan fingerprint density at radius 2 is 2.10 bits per heavy atom. The van der Waals surface area contributed by atoms with Crippen molar-refractivity contribution < 1.29 is 24.2 Å². The molecule has 1 N–H and O–H groups in total. The molecule has 2 fully saturated rings. The van der Waals surface area contributed by atoms with Crippen molar-refractivity contribution in [3.05, 3.63) is 0 Å². The Morgan fingerprint density at radius 3 is 2.65 bits per heavy atom. The zero-order valence-corrected chi connectivity index (χ0v) is 12.3. The Balaban J connectivity index is 1.99. The summed E-state index contributed by atoms with van der Waals surface area (Å²) >= 11 is 0. The predicted octanol–water partition coefficient (Wildman–Crippen LogP) is 1.88. The molecule has 0 aliphatic carbocycles. The number of ether oxygens (including phenoxy) is 2. The summed E-state index contributed by atoms with van der Waals surface area (Å²) in [5.74, 6) is -1.29. The van der Waals surface area contributed by atoms with Crippen molar-refractivity contribution in [3.63, 3.8) is 0 Å². The van der Waals surface area contributed by atoms with Crippen molar-refractivity contribution in [2.45, 2.75) is 51.2 Å². The van der Waals surface area contributed by atoms with Gasteiger partial charge in [-0.2, -0.15) is 0 Å². The van der Waals surface area contributed by atoms with Gasteiger partial charge in [0.05, 0.1) is 24.7 Å². The summed E-state index contributed by atoms with van der Waals surface area (Å²) in [6, 6.07) is 0. The van der Waals surface area contributed by atoms with Crippen LogP contribution < -0.4 is 0 Å². The van der Waals surface area contributed by atoms with Gasteiger partial charge in [-0.05, 0) is 40.0 Å². The quantitative estimate of drug-likeness (QED) is 0.796. The average Bonchev–Trinajstić information content (AvgIpc) is 2.71. The minimum absolute atomic E-state index is 0.234. The number of carboxylic acid groups (broad SMARTS) is 1. The maximum atomic E-state index is 12.1. The second kappa shape index (κ2) is 5.24. The fourth-order valence-corrected chi connectivity index (χ4v) is 2.87. The van der Waals surface area contributed by atoms with E-state index in [0.29, 0.717) is 19.5 Å². The van der Waals surface area contributed by atoms with Gasteiger partial charge >= 0.3 is 12.1 Å². The van der Waals surface area contributed by atoms with Crippen molar-refractivity contribution in [1.29, 1.82) is 0 Å². The maximum absolute atomic E-state index is 12.1.